The Morgan fingerprint density at radius 2 is 2.16 bits per heavy atom. The zero-order chi connectivity index (χ0) is 13.4. The second-order valence-corrected chi connectivity index (χ2v) is 6.24. The zero-order valence-corrected chi connectivity index (χ0v) is 12.1. The van der Waals surface area contributed by atoms with Gasteiger partial charge >= 0.3 is 0 Å². The predicted octanol–water partition coefficient (Wildman–Crippen LogP) is 3.62. The maximum absolute atomic E-state index is 12.1. The van der Waals surface area contributed by atoms with Gasteiger partial charge in [-0.1, -0.05) is 0 Å². The highest BCUT2D eigenvalue weighted by Gasteiger charge is 2.11. The van der Waals surface area contributed by atoms with Crippen molar-refractivity contribution in [3.63, 3.8) is 0 Å². The van der Waals surface area contributed by atoms with Gasteiger partial charge in [0.1, 0.15) is 0 Å². The first-order valence-corrected chi connectivity index (χ1v) is 7.42. The van der Waals surface area contributed by atoms with Crippen LogP contribution in [0.1, 0.15) is 20.9 Å². The van der Waals surface area contributed by atoms with E-state index in [-0.39, 0.29) is 5.91 Å². The molecule has 0 aliphatic heterocycles. The van der Waals surface area contributed by atoms with E-state index in [1.54, 1.807) is 11.6 Å². The van der Waals surface area contributed by atoms with Gasteiger partial charge in [-0.3, -0.25) is 10.1 Å². The fraction of sp³-hybridized carbons (Fsp3) is 0.154. The van der Waals surface area contributed by atoms with Gasteiger partial charge in [-0.25, -0.2) is 9.97 Å². The molecule has 1 amide bonds. The molecule has 2 heterocycles. The number of benzene rings is 1. The number of aryl methyl sites for hydroxylation is 2. The van der Waals surface area contributed by atoms with Crippen molar-refractivity contribution in [3.8, 4) is 0 Å². The van der Waals surface area contributed by atoms with E-state index in [0.29, 0.717) is 10.7 Å². The molecule has 6 heteroatoms. The highest BCUT2D eigenvalue weighted by atomic mass is 32.1. The van der Waals surface area contributed by atoms with Crippen LogP contribution in [0.25, 0.3) is 10.2 Å². The lowest BCUT2D eigenvalue weighted by Crippen LogP contribution is -2.11. The smallest absolute Gasteiger partial charge is 0.257 e. The minimum absolute atomic E-state index is 0.135. The molecule has 96 valence electrons. The Labute approximate surface area is 118 Å². The number of thiazole rings is 2. The van der Waals surface area contributed by atoms with Gasteiger partial charge in [0.05, 0.1) is 21.4 Å². The summed E-state index contributed by atoms with van der Waals surface area (Å²) >= 11 is 3.02. The highest BCUT2D eigenvalue weighted by Crippen LogP contribution is 2.23. The van der Waals surface area contributed by atoms with Crippen molar-refractivity contribution >= 4 is 43.9 Å². The maximum Gasteiger partial charge on any atom is 0.257 e. The molecule has 0 spiro atoms. The van der Waals surface area contributed by atoms with E-state index in [9.17, 15) is 4.79 Å². The summed E-state index contributed by atoms with van der Waals surface area (Å²) in [5.41, 5.74) is 4.28. The Morgan fingerprint density at radius 1 is 1.32 bits per heavy atom. The summed E-state index contributed by atoms with van der Waals surface area (Å²) in [7, 11) is 0. The van der Waals surface area contributed by atoms with Gasteiger partial charge in [0, 0.05) is 10.4 Å². The van der Waals surface area contributed by atoms with Crippen molar-refractivity contribution in [2.45, 2.75) is 13.8 Å². The first-order chi connectivity index (χ1) is 9.13. The molecule has 3 rings (SSSR count). The van der Waals surface area contributed by atoms with Gasteiger partial charge in [-0.15, -0.1) is 22.7 Å². The Bertz CT molecular complexity index is 741. The Hall–Kier alpha value is -1.79. The molecule has 0 aliphatic carbocycles. The number of hydrogen-bond acceptors (Lipinski definition) is 5. The molecule has 1 N–H and O–H groups in total. The van der Waals surface area contributed by atoms with Crippen molar-refractivity contribution in [3.05, 3.63) is 39.8 Å². The second-order valence-electron chi connectivity index (χ2n) is 4.15. The summed E-state index contributed by atoms with van der Waals surface area (Å²) < 4.78 is 1.01. The molecule has 19 heavy (non-hydrogen) atoms. The van der Waals surface area contributed by atoms with E-state index in [1.165, 1.54) is 22.7 Å². The summed E-state index contributed by atoms with van der Waals surface area (Å²) in [6.07, 6.45) is 0. The fourth-order valence-corrected chi connectivity index (χ4v) is 3.22. The summed E-state index contributed by atoms with van der Waals surface area (Å²) in [6, 6.07) is 5.50. The van der Waals surface area contributed by atoms with Gasteiger partial charge in [-0.05, 0) is 32.0 Å². The largest absolute Gasteiger partial charge is 0.298 e. The third-order valence-corrected chi connectivity index (χ3v) is 4.62. The molecular formula is C13H11N3OS2. The van der Waals surface area contributed by atoms with Crippen LogP contribution in [-0.4, -0.2) is 15.9 Å². The number of anilines is 1. The molecule has 0 atom stereocenters. The quantitative estimate of drug-likeness (QED) is 0.784. The molecule has 3 aromatic rings. The molecule has 2 aromatic heterocycles. The molecule has 0 radical (unpaired) electrons. The van der Waals surface area contributed by atoms with Crippen LogP contribution in [0.4, 0.5) is 5.13 Å². The van der Waals surface area contributed by atoms with Gasteiger partial charge in [0.15, 0.2) is 5.13 Å². The van der Waals surface area contributed by atoms with Crippen molar-refractivity contribution in [2.24, 2.45) is 0 Å². The molecular weight excluding hydrogens is 278 g/mol. The lowest BCUT2D eigenvalue weighted by Gasteiger charge is -2.01. The predicted molar refractivity (Wildman–Crippen MR) is 79.2 cm³/mol. The van der Waals surface area contributed by atoms with Gasteiger partial charge < -0.3 is 0 Å². The van der Waals surface area contributed by atoms with Crippen LogP contribution in [0.2, 0.25) is 0 Å². The van der Waals surface area contributed by atoms with Crippen molar-refractivity contribution < 1.29 is 4.79 Å². The van der Waals surface area contributed by atoms with Crippen LogP contribution in [0.3, 0.4) is 0 Å². The first kappa shape index (κ1) is 12.3. The molecule has 0 fully saturated rings. The number of carbonyl (C=O) groups excluding carboxylic acids is 1. The average molecular weight is 289 g/mol. The number of carbonyl (C=O) groups is 1. The molecule has 0 aliphatic rings. The van der Waals surface area contributed by atoms with Crippen molar-refractivity contribution in [1.29, 1.82) is 0 Å². The molecule has 0 saturated carbocycles. The van der Waals surface area contributed by atoms with Gasteiger partial charge in [-0.2, -0.15) is 0 Å². The van der Waals surface area contributed by atoms with Crippen LogP contribution in [0.5, 0.6) is 0 Å². The van der Waals surface area contributed by atoms with E-state index in [2.05, 4.69) is 15.3 Å². The number of hydrogen-bond donors (Lipinski definition) is 1. The van der Waals surface area contributed by atoms with Gasteiger partial charge in [0.25, 0.3) is 5.91 Å². The molecule has 1 aromatic carbocycles. The van der Waals surface area contributed by atoms with E-state index >= 15 is 0 Å². The van der Waals surface area contributed by atoms with Crippen molar-refractivity contribution in [1.82, 2.24) is 9.97 Å². The minimum Gasteiger partial charge on any atom is -0.298 e. The van der Waals surface area contributed by atoms with Crippen LogP contribution in [-0.2, 0) is 0 Å². The monoisotopic (exact) mass is 289 g/mol. The SMILES string of the molecule is Cc1nc(NC(=O)c2ccc3ncsc3c2)sc1C. The van der Waals surface area contributed by atoms with E-state index in [4.69, 9.17) is 0 Å². The minimum atomic E-state index is -0.135. The van der Waals surface area contributed by atoms with E-state index in [0.717, 1.165) is 20.8 Å². The summed E-state index contributed by atoms with van der Waals surface area (Å²) in [6.45, 7) is 3.93. The summed E-state index contributed by atoms with van der Waals surface area (Å²) in [4.78, 5) is 21.8. The number of amides is 1. The second kappa shape index (κ2) is 4.71. The third kappa shape index (κ3) is 2.36. The first-order valence-electron chi connectivity index (χ1n) is 5.72. The third-order valence-electron chi connectivity index (χ3n) is 2.84. The zero-order valence-electron chi connectivity index (χ0n) is 10.4. The van der Waals surface area contributed by atoms with Gasteiger partial charge in [0.2, 0.25) is 0 Å². The topological polar surface area (TPSA) is 54.9 Å². The van der Waals surface area contributed by atoms with Crippen molar-refractivity contribution in [2.75, 3.05) is 5.32 Å². The standard InChI is InChI=1S/C13H11N3OS2/c1-7-8(2)19-13(15-7)16-12(17)9-3-4-10-11(5-9)18-6-14-10/h3-6H,1-2H3,(H,15,16,17). The number of nitrogens with one attached hydrogen (secondary N) is 1. The number of fused-ring (bicyclic) bond motifs is 1. The summed E-state index contributed by atoms with van der Waals surface area (Å²) in [5.74, 6) is -0.135. The molecule has 0 unspecified atom stereocenters. The van der Waals surface area contributed by atoms with Crippen LogP contribution < -0.4 is 5.32 Å². The normalized spacial score (nSPS) is 10.8. The van der Waals surface area contributed by atoms with Crippen LogP contribution >= 0.6 is 22.7 Å². The Morgan fingerprint density at radius 3 is 2.89 bits per heavy atom. The Balaban J connectivity index is 1.86. The fourth-order valence-electron chi connectivity index (χ4n) is 1.69. The number of rotatable bonds is 2. The molecule has 0 saturated heterocycles. The molecule has 0 bridgehead atoms. The van der Waals surface area contributed by atoms with E-state index in [1.807, 2.05) is 26.0 Å². The Kier molecular flexibility index (Phi) is 3.04. The number of aromatic nitrogens is 2. The van der Waals surface area contributed by atoms with E-state index < -0.39 is 0 Å². The lowest BCUT2D eigenvalue weighted by molar-refractivity contribution is 0.102. The molecule has 4 nitrogen and oxygen atoms in total. The van der Waals surface area contributed by atoms with Crippen LogP contribution in [0, 0.1) is 13.8 Å². The number of nitrogens with zero attached hydrogens (tertiary/aromatic N) is 2. The average Bonchev–Trinajstić information content (AvgIpc) is 2.96. The maximum atomic E-state index is 12.1. The highest BCUT2D eigenvalue weighted by molar-refractivity contribution is 7.16. The summed E-state index contributed by atoms with van der Waals surface area (Å²) in [5, 5.41) is 3.47. The lowest BCUT2D eigenvalue weighted by atomic mass is 10.2. The van der Waals surface area contributed by atoms with Crippen LogP contribution in [0.15, 0.2) is 23.7 Å².